The van der Waals surface area contributed by atoms with Crippen LogP contribution in [0.2, 0.25) is 0 Å². The van der Waals surface area contributed by atoms with Crippen LogP contribution in [0.15, 0.2) is 36.8 Å². The Hall–Kier alpha value is -1.71. The minimum Gasteiger partial charge on any atom is -0.257 e. The highest BCUT2D eigenvalue weighted by atomic mass is 15.4. The van der Waals surface area contributed by atoms with Crippen LogP contribution in [0.1, 0.15) is 5.69 Å². The molecule has 0 radical (unpaired) electrons. The second kappa shape index (κ2) is 3.13. The molecule has 0 aliphatic heterocycles. The van der Waals surface area contributed by atoms with Gasteiger partial charge in [-0.1, -0.05) is 11.3 Å². The molecule has 2 heterocycles. The third-order valence-electron chi connectivity index (χ3n) is 1.57. The van der Waals surface area contributed by atoms with E-state index < -0.39 is 0 Å². The van der Waals surface area contributed by atoms with Gasteiger partial charge in [0.2, 0.25) is 6.20 Å². The highest BCUT2D eigenvalue weighted by Crippen LogP contribution is 1.90. The van der Waals surface area contributed by atoms with E-state index in [1.165, 1.54) is 0 Å². The van der Waals surface area contributed by atoms with E-state index in [0.29, 0.717) is 0 Å². The van der Waals surface area contributed by atoms with Gasteiger partial charge in [0.05, 0.1) is 5.69 Å². The Labute approximate surface area is 69.9 Å². The van der Waals surface area contributed by atoms with Gasteiger partial charge in [-0.3, -0.25) is 4.98 Å². The summed E-state index contributed by atoms with van der Waals surface area (Å²) in [5.74, 6) is 0. The first kappa shape index (κ1) is 6.97. The summed E-state index contributed by atoms with van der Waals surface area (Å²) in [4.78, 5) is 4.19. The number of pyridine rings is 1. The lowest BCUT2D eigenvalue weighted by Gasteiger charge is -1.93. The average Bonchev–Trinajstić information content (AvgIpc) is 2.59. The number of nitrogens with zero attached hydrogens (tertiary/aromatic N) is 3. The monoisotopic (exact) mass is 161 g/mol. The fourth-order valence-electron chi connectivity index (χ4n) is 1.01. The van der Waals surface area contributed by atoms with E-state index in [-0.39, 0.29) is 0 Å². The van der Waals surface area contributed by atoms with Crippen molar-refractivity contribution in [2.75, 3.05) is 0 Å². The molecule has 12 heavy (non-hydrogen) atoms. The van der Waals surface area contributed by atoms with E-state index in [0.717, 1.165) is 12.2 Å². The number of aromatic amines is 1. The number of hydrogen-bond donors (Lipinski definition) is 1. The van der Waals surface area contributed by atoms with Crippen molar-refractivity contribution in [2.45, 2.75) is 6.54 Å². The number of H-pyrrole nitrogens is 1. The Morgan fingerprint density at radius 2 is 2.33 bits per heavy atom. The van der Waals surface area contributed by atoms with E-state index in [4.69, 9.17) is 0 Å². The standard InChI is InChI=1S/C8H8N4/c1-2-4-9-8(3-1)7-12-6-5-10-11-12/h1-6H,7H2/p+1. The SMILES string of the molecule is c1ccc(C[n+]2ccn[nH]2)nc1. The minimum absolute atomic E-state index is 0.737. The minimum atomic E-state index is 0.737. The van der Waals surface area contributed by atoms with E-state index >= 15 is 0 Å². The molecule has 4 heteroatoms. The Balaban J connectivity index is 2.15. The number of aromatic nitrogens is 4. The molecule has 0 amide bonds. The van der Waals surface area contributed by atoms with Crippen LogP contribution in [0.4, 0.5) is 0 Å². The van der Waals surface area contributed by atoms with Gasteiger partial charge in [-0.05, 0) is 12.1 Å². The van der Waals surface area contributed by atoms with Crippen LogP contribution >= 0.6 is 0 Å². The van der Waals surface area contributed by atoms with Crippen molar-refractivity contribution in [3.63, 3.8) is 0 Å². The summed E-state index contributed by atoms with van der Waals surface area (Å²) in [7, 11) is 0. The molecule has 0 unspecified atom stereocenters. The van der Waals surface area contributed by atoms with Crippen LogP contribution < -0.4 is 4.68 Å². The largest absolute Gasteiger partial charge is 0.257 e. The number of hydrogen-bond acceptors (Lipinski definition) is 2. The molecule has 0 saturated heterocycles. The number of nitrogens with one attached hydrogen (secondary N) is 1. The molecule has 2 rings (SSSR count). The lowest BCUT2D eigenvalue weighted by molar-refractivity contribution is -0.746. The number of rotatable bonds is 2. The third kappa shape index (κ3) is 1.47. The van der Waals surface area contributed by atoms with Crippen LogP contribution in [0.3, 0.4) is 0 Å². The van der Waals surface area contributed by atoms with E-state index in [1.54, 1.807) is 12.4 Å². The fraction of sp³-hybridized carbons (Fsp3) is 0.125. The first-order chi connectivity index (χ1) is 5.95. The predicted octanol–water partition coefficient (Wildman–Crippen LogP) is 0.140. The average molecular weight is 161 g/mol. The summed E-state index contributed by atoms with van der Waals surface area (Å²) in [6.07, 6.45) is 5.36. The normalized spacial score (nSPS) is 10.0. The third-order valence-corrected chi connectivity index (χ3v) is 1.57. The molecule has 0 fully saturated rings. The molecule has 60 valence electrons. The van der Waals surface area contributed by atoms with Gasteiger partial charge in [0.25, 0.3) is 0 Å². The van der Waals surface area contributed by atoms with Gasteiger partial charge >= 0.3 is 0 Å². The Morgan fingerprint density at radius 1 is 1.33 bits per heavy atom. The first-order valence-corrected chi connectivity index (χ1v) is 3.74. The zero-order chi connectivity index (χ0) is 8.23. The van der Waals surface area contributed by atoms with Gasteiger partial charge < -0.3 is 0 Å². The molecule has 0 atom stereocenters. The molecular formula is C8H9N4+. The highest BCUT2D eigenvalue weighted by molar-refractivity contribution is 5.01. The smallest absolute Gasteiger partial charge is 0.206 e. The van der Waals surface area contributed by atoms with Crippen molar-refractivity contribution < 1.29 is 4.68 Å². The second-order valence-corrected chi connectivity index (χ2v) is 2.48. The molecule has 0 aliphatic carbocycles. The van der Waals surface area contributed by atoms with Gasteiger partial charge in [0.1, 0.15) is 0 Å². The van der Waals surface area contributed by atoms with Crippen LogP contribution in [0, 0.1) is 0 Å². The van der Waals surface area contributed by atoms with E-state index in [1.807, 2.05) is 29.1 Å². The van der Waals surface area contributed by atoms with Crippen LogP contribution in [0.5, 0.6) is 0 Å². The zero-order valence-electron chi connectivity index (χ0n) is 6.51. The highest BCUT2D eigenvalue weighted by Gasteiger charge is 1.99. The molecule has 0 bridgehead atoms. The fourth-order valence-corrected chi connectivity index (χ4v) is 1.01. The lowest BCUT2D eigenvalue weighted by atomic mass is 10.3. The van der Waals surface area contributed by atoms with Gasteiger partial charge in [0, 0.05) is 11.3 Å². The van der Waals surface area contributed by atoms with Crippen molar-refractivity contribution in [1.29, 1.82) is 0 Å². The maximum atomic E-state index is 4.19. The van der Waals surface area contributed by atoms with Crippen molar-refractivity contribution in [2.24, 2.45) is 0 Å². The predicted molar refractivity (Wildman–Crippen MR) is 42.1 cm³/mol. The Bertz CT molecular complexity index is 327. The summed E-state index contributed by atoms with van der Waals surface area (Å²) in [6.45, 7) is 0.737. The van der Waals surface area contributed by atoms with Gasteiger partial charge in [0.15, 0.2) is 12.7 Å². The maximum absolute atomic E-state index is 4.19. The van der Waals surface area contributed by atoms with Crippen LogP contribution in [0.25, 0.3) is 0 Å². The lowest BCUT2D eigenvalue weighted by Crippen LogP contribution is -2.35. The van der Waals surface area contributed by atoms with Crippen molar-refractivity contribution in [3.05, 3.63) is 42.5 Å². The van der Waals surface area contributed by atoms with Crippen molar-refractivity contribution in [1.82, 2.24) is 15.3 Å². The summed E-state index contributed by atoms with van der Waals surface area (Å²) < 4.78 is 1.86. The molecule has 1 N–H and O–H groups in total. The molecular weight excluding hydrogens is 152 g/mol. The molecule has 0 spiro atoms. The molecule has 0 saturated carbocycles. The van der Waals surface area contributed by atoms with E-state index in [2.05, 4.69) is 15.3 Å². The molecule has 4 nitrogen and oxygen atoms in total. The molecule has 0 aliphatic rings. The first-order valence-electron chi connectivity index (χ1n) is 3.74. The Kier molecular flexibility index (Phi) is 1.82. The summed E-state index contributed by atoms with van der Waals surface area (Å²) in [5, 5.41) is 6.64. The van der Waals surface area contributed by atoms with Gasteiger partial charge in [-0.25, -0.2) is 0 Å². The summed E-state index contributed by atoms with van der Waals surface area (Å²) in [6, 6.07) is 5.86. The second-order valence-electron chi connectivity index (χ2n) is 2.48. The molecule has 2 aromatic rings. The van der Waals surface area contributed by atoms with Crippen LogP contribution in [-0.4, -0.2) is 15.3 Å². The van der Waals surface area contributed by atoms with Gasteiger partial charge in [-0.2, -0.15) is 4.68 Å². The zero-order valence-corrected chi connectivity index (χ0v) is 6.51. The van der Waals surface area contributed by atoms with Crippen molar-refractivity contribution >= 4 is 0 Å². The summed E-state index contributed by atoms with van der Waals surface area (Å²) >= 11 is 0. The van der Waals surface area contributed by atoms with Crippen molar-refractivity contribution in [3.8, 4) is 0 Å². The molecule has 0 aromatic carbocycles. The Morgan fingerprint density at radius 3 is 3.00 bits per heavy atom. The quantitative estimate of drug-likeness (QED) is 0.637. The van der Waals surface area contributed by atoms with Crippen LogP contribution in [-0.2, 0) is 6.54 Å². The maximum Gasteiger partial charge on any atom is 0.206 e. The molecule has 2 aromatic heterocycles. The van der Waals surface area contributed by atoms with E-state index in [9.17, 15) is 0 Å². The summed E-state index contributed by atoms with van der Waals surface area (Å²) in [5.41, 5.74) is 1.02. The van der Waals surface area contributed by atoms with Gasteiger partial charge in [-0.15, -0.1) is 0 Å². The topological polar surface area (TPSA) is 45.5 Å².